The van der Waals surface area contributed by atoms with Gasteiger partial charge in [-0.2, -0.15) is 11.8 Å². The fraction of sp³-hybridized carbons (Fsp3) is 0.364. The maximum Gasteiger partial charge on any atom is 0.323 e. The molecule has 94 valence electrons. The van der Waals surface area contributed by atoms with Crippen LogP contribution in [-0.4, -0.2) is 24.9 Å². The van der Waals surface area contributed by atoms with Gasteiger partial charge in [0, 0.05) is 16.5 Å². The predicted octanol–water partition coefficient (Wildman–Crippen LogP) is 2.21. The van der Waals surface area contributed by atoms with Crippen molar-refractivity contribution in [2.24, 2.45) is 5.73 Å². The van der Waals surface area contributed by atoms with Crippen LogP contribution in [0, 0.1) is 5.82 Å². The second kappa shape index (κ2) is 6.83. The van der Waals surface area contributed by atoms with Crippen molar-refractivity contribution in [3.8, 4) is 0 Å². The summed E-state index contributed by atoms with van der Waals surface area (Å²) in [4.78, 5) is 11.0. The topological polar surface area (TPSA) is 52.3 Å². The molecule has 0 aliphatic carbocycles. The number of rotatable bonds is 5. The van der Waals surface area contributed by atoms with Crippen LogP contribution in [0.4, 0.5) is 4.39 Å². The van der Waals surface area contributed by atoms with Crippen LogP contribution in [-0.2, 0) is 15.3 Å². The summed E-state index contributed by atoms with van der Waals surface area (Å²) in [7, 11) is 1.29. The zero-order valence-corrected chi connectivity index (χ0v) is 10.9. The number of hydrogen-bond acceptors (Lipinski definition) is 4. The molecule has 6 heteroatoms. The second-order valence-electron chi connectivity index (χ2n) is 3.38. The Morgan fingerprint density at radius 2 is 2.35 bits per heavy atom. The molecule has 2 N–H and O–H groups in total. The molecular weight excluding hydrogens is 265 g/mol. The minimum absolute atomic E-state index is 0.331. The first kappa shape index (κ1) is 14.3. The van der Waals surface area contributed by atoms with Gasteiger partial charge in [-0.1, -0.05) is 11.6 Å². The van der Waals surface area contributed by atoms with E-state index in [1.165, 1.54) is 37.1 Å². The molecule has 0 heterocycles. The van der Waals surface area contributed by atoms with Crippen molar-refractivity contribution in [3.05, 3.63) is 34.6 Å². The predicted molar refractivity (Wildman–Crippen MR) is 67.6 cm³/mol. The Labute approximate surface area is 108 Å². The normalized spacial score (nSPS) is 12.2. The van der Waals surface area contributed by atoms with Gasteiger partial charge in [-0.3, -0.25) is 4.79 Å². The minimum Gasteiger partial charge on any atom is -0.468 e. The number of nitrogens with two attached hydrogens (primary N) is 1. The molecule has 0 aliphatic rings. The Morgan fingerprint density at radius 3 is 3.00 bits per heavy atom. The molecule has 17 heavy (non-hydrogen) atoms. The van der Waals surface area contributed by atoms with Gasteiger partial charge in [0.1, 0.15) is 11.9 Å². The van der Waals surface area contributed by atoms with Gasteiger partial charge in [-0.25, -0.2) is 4.39 Å². The van der Waals surface area contributed by atoms with Gasteiger partial charge >= 0.3 is 5.97 Å². The average Bonchev–Trinajstić information content (AvgIpc) is 2.32. The SMILES string of the molecule is COC(=O)C(N)CSCc1cc(F)ccc1Cl. The zero-order valence-electron chi connectivity index (χ0n) is 9.28. The Morgan fingerprint density at radius 1 is 1.65 bits per heavy atom. The van der Waals surface area contributed by atoms with E-state index < -0.39 is 12.0 Å². The number of thioether (sulfide) groups is 1. The number of benzene rings is 1. The van der Waals surface area contributed by atoms with Crippen molar-refractivity contribution < 1.29 is 13.9 Å². The summed E-state index contributed by atoms with van der Waals surface area (Å²) >= 11 is 7.30. The van der Waals surface area contributed by atoms with Gasteiger partial charge in [0.15, 0.2) is 0 Å². The Balaban J connectivity index is 2.45. The Hall–Kier alpha value is -0.780. The maximum absolute atomic E-state index is 12.9. The van der Waals surface area contributed by atoms with E-state index in [-0.39, 0.29) is 5.82 Å². The molecule has 0 aromatic heterocycles. The van der Waals surface area contributed by atoms with Crippen molar-refractivity contribution >= 4 is 29.3 Å². The molecule has 1 unspecified atom stereocenters. The van der Waals surface area contributed by atoms with Crippen LogP contribution in [0.1, 0.15) is 5.56 Å². The van der Waals surface area contributed by atoms with Gasteiger partial charge in [0.25, 0.3) is 0 Å². The van der Waals surface area contributed by atoms with E-state index in [0.29, 0.717) is 22.1 Å². The van der Waals surface area contributed by atoms with E-state index in [2.05, 4.69) is 4.74 Å². The summed E-state index contributed by atoms with van der Waals surface area (Å²) in [6.45, 7) is 0. The first-order chi connectivity index (χ1) is 8.04. The third-order valence-corrected chi connectivity index (χ3v) is 3.55. The van der Waals surface area contributed by atoms with Gasteiger partial charge in [0.05, 0.1) is 7.11 Å². The van der Waals surface area contributed by atoms with Gasteiger partial charge in [-0.05, 0) is 23.8 Å². The highest BCUT2D eigenvalue weighted by molar-refractivity contribution is 7.98. The van der Waals surface area contributed by atoms with Crippen LogP contribution in [0.3, 0.4) is 0 Å². The largest absolute Gasteiger partial charge is 0.468 e. The lowest BCUT2D eigenvalue weighted by molar-refractivity contribution is -0.141. The average molecular weight is 278 g/mol. The fourth-order valence-corrected chi connectivity index (χ4v) is 2.40. The summed E-state index contributed by atoms with van der Waals surface area (Å²) in [5.41, 5.74) is 6.25. The van der Waals surface area contributed by atoms with E-state index in [0.717, 1.165) is 0 Å². The van der Waals surface area contributed by atoms with Crippen molar-refractivity contribution in [2.75, 3.05) is 12.9 Å². The van der Waals surface area contributed by atoms with E-state index in [1.807, 2.05) is 0 Å². The number of hydrogen-bond donors (Lipinski definition) is 1. The molecule has 0 radical (unpaired) electrons. The molecule has 0 fully saturated rings. The number of ether oxygens (including phenoxy) is 1. The molecule has 0 amide bonds. The Bertz CT molecular complexity index is 403. The molecule has 1 rings (SSSR count). The summed E-state index contributed by atoms with van der Waals surface area (Å²) in [6, 6.07) is 3.51. The quantitative estimate of drug-likeness (QED) is 0.839. The molecule has 1 aromatic carbocycles. The second-order valence-corrected chi connectivity index (χ2v) is 4.82. The van der Waals surface area contributed by atoms with Gasteiger partial charge < -0.3 is 10.5 Å². The highest BCUT2D eigenvalue weighted by Crippen LogP contribution is 2.22. The van der Waals surface area contributed by atoms with E-state index in [4.69, 9.17) is 17.3 Å². The minimum atomic E-state index is -0.669. The van der Waals surface area contributed by atoms with Crippen molar-refractivity contribution in [3.63, 3.8) is 0 Å². The van der Waals surface area contributed by atoms with Crippen molar-refractivity contribution in [1.82, 2.24) is 0 Å². The molecule has 1 atom stereocenters. The summed E-state index contributed by atoms with van der Waals surface area (Å²) in [5, 5.41) is 0.505. The number of halogens is 2. The summed E-state index contributed by atoms with van der Waals surface area (Å²) in [5.74, 6) is 0.117. The molecule has 0 spiro atoms. The summed E-state index contributed by atoms with van der Waals surface area (Å²) < 4.78 is 17.4. The maximum atomic E-state index is 12.9. The van der Waals surface area contributed by atoms with Crippen LogP contribution < -0.4 is 5.73 Å². The highest BCUT2D eigenvalue weighted by atomic mass is 35.5. The molecular formula is C11H13ClFNO2S. The number of carbonyl (C=O) groups excluding carboxylic acids is 1. The van der Waals surface area contributed by atoms with E-state index >= 15 is 0 Å². The first-order valence-corrected chi connectivity index (χ1v) is 6.43. The lowest BCUT2D eigenvalue weighted by Crippen LogP contribution is -2.33. The molecule has 0 aliphatic heterocycles. The van der Waals surface area contributed by atoms with Crippen LogP contribution in [0.15, 0.2) is 18.2 Å². The smallest absolute Gasteiger partial charge is 0.323 e. The van der Waals surface area contributed by atoms with E-state index in [1.54, 1.807) is 0 Å². The summed E-state index contributed by atoms with van der Waals surface area (Å²) in [6.07, 6.45) is 0. The molecule has 0 bridgehead atoms. The lowest BCUT2D eigenvalue weighted by Gasteiger charge is -2.09. The first-order valence-electron chi connectivity index (χ1n) is 4.89. The number of carbonyl (C=O) groups is 1. The van der Waals surface area contributed by atoms with Crippen molar-refractivity contribution in [1.29, 1.82) is 0 Å². The molecule has 3 nitrogen and oxygen atoms in total. The Kier molecular flexibility index (Phi) is 5.74. The standard InChI is InChI=1S/C11H13ClFNO2S/c1-16-11(15)10(14)6-17-5-7-4-8(13)2-3-9(7)12/h2-4,10H,5-6,14H2,1H3. The van der Waals surface area contributed by atoms with Crippen molar-refractivity contribution in [2.45, 2.75) is 11.8 Å². The monoisotopic (exact) mass is 277 g/mol. The highest BCUT2D eigenvalue weighted by Gasteiger charge is 2.13. The zero-order chi connectivity index (χ0) is 12.8. The molecule has 0 saturated heterocycles. The lowest BCUT2D eigenvalue weighted by atomic mass is 10.2. The van der Waals surface area contributed by atoms with Gasteiger partial charge in [-0.15, -0.1) is 0 Å². The molecule has 0 saturated carbocycles. The third kappa shape index (κ3) is 4.53. The van der Waals surface area contributed by atoms with Crippen LogP contribution in [0.5, 0.6) is 0 Å². The van der Waals surface area contributed by atoms with Crippen LogP contribution in [0.2, 0.25) is 5.02 Å². The fourth-order valence-electron chi connectivity index (χ4n) is 1.17. The van der Waals surface area contributed by atoms with Crippen LogP contribution >= 0.6 is 23.4 Å². The number of methoxy groups -OCH3 is 1. The van der Waals surface area contributed by atoms with E-state index in [9.17, 15) is 9.18 Å². The molecule has 1 aromatic rings. The number of esters is 1. The van der Waals surface area contributed by atoms with Crippen LogP contribution in [0.25, 0.3) is 0 Å². The van der Waals surface area contributed by atoms with Gasteiger partial charge in [0.2, 0.25) is 0 Å². The third-order valence-electron chi connectivity index (χ3n) is 2.07.